The lowest BCUT2D eigenvalue weighted by Gasteiger charge is -2.21. The van der Waals surface area contributed by atoms with Gasteiger partial charge in [0.1, 0.15) is 6.07 Å². The van der Waals surface area contributed by atoms with Crippen LogP contribution in [0.3, 0.4) is 0 Å². The van der Waals surface area contributed by atoms with E-state index in [2.05, 4.69) is 4.98 Å². The van der Waals surface area contributed by atoms with Crippen LogP contribution in [0, 0.1) is 21.4 Å². The molecule has 0 aliphatic heterocycles. The lowest BCUT2D eigenvalue weighted by atomic mass is 10.2. The van der Waals surface area contributed by atoms with Crippen molar-refractivity contribution in [3.63, 3.8) is 0 Å². The molecule has 1 aliphatic carbocycles. The molecular weight excluding hydrogens is 236 g/mol. The van der Waals surface area contributed by atoms with Gasteiger partial charge in [-0.3, -0.25) is 10.1 Å². The summed E-state index contributed by atoms with van der Waals surface area (Å²) in [6.45, 7) is 0.222. The summed E-state index contributed by atoms with van der Waals surface area (Å²) in [5, 5.41) is 28.8. The predicted octanol–water partition coefficient (Wildman–Crippen LogP) is 0.823. The SMILES string of the molecule is N#Cc1cnc(N(CCO)C2CC2)c([N+](=O)[O-])c1. The van der Waals surface area contributed by atoms with Crippen molar-refractivity contribution in [3.8, 4) is 6.07 Å². The van der Waals surface area contributed by atoms with E-state index >= 15 is 0 Å². The Bertz CT molecular complexity index is 508. The van der Waals surface area contributed by atoms with Gasteiger partial charge in [0.05, 0.1) is 17.1 Å². The summed E-state index contributed by atoms with van der Waals surface area (Å²) in [6.07, 6.45) is 3.20. The minimum absolute atomic E-state index is 0.0880. The number of anilines is 1. The molecule has 0 aromatic carbocycles. The fourth-order valence-electron chi connectivity index (χ4n) is 1.82. The van der Waals surface area contributed by atoms with Gasteiger partial charge in [0.2, 0.25) is 5.82 Å². The molecule has 1 aliphatic rings. The maximum absolute atomic E-state index is 11.0. The van der Waals surface area contributed by atoms with Crippen LogP contribution in [0.1, 0.15) is 18.4 Å². The van der Waals surface area contributed by atoms with E-state index in [1.807, 2.05) is 6.07 Å². The summed E-state index contributed by atoms with van der Waals surface area (Å²) in [4.78, 5) is 16.2. The van der Waals surface area contributed by atoms with Gasteiger partial charge in [0.25, 0.3) is 0 Å². The van der Waals surface area contributed by atoms with Crippen molar-refractivity contribution in [1.29, 1.82) is 5.26 Å². The average Bonchev–Trinajstić information content (AvgIpc) is 3.19. The average molecular weight is 248 g/mol. The molecule has 1 heterocycles. The molecule has 0 radical (unpaired) electrons. The minimum atomic E-state index is -0.546. The zero-order valence-electron chi connectivity index (χ0n) is 9.61. The topological polar surface area (TPSA) is 103 Å². The normalized spacial score (nSPS) is 14.0. The minimum Gasteiger partial charge on any atom is -0.395 e. The molecule has 1 fully saturated rings. The molecule has 1 N–H and O–H groups in total. The Labute approximate surface area is 103 Å². The predicted molar refractivity (Wildman–Crippen MR) is 63.1 cm³/mol. The van der Waals surface area contributed by atoms with Gasteiger partial charge in [-0.05, 0) is 12.8 Å². The first-order valence-corrected chi connectivity index (χ1v) is 5.59. The van der Waals surface area contributed by atoms with Gasteiger partial charge in [0.15, 0.2) is 0 Å². The second-order valence-electron chi connectivity index (χ2n) is 4.08. The summed E-state index contributed by atoms with van der Waals surface area (Å²) < 4.78 is 0. The van der Waals surface area contributed by atoms with Crippen LogP contribution in [-0.4, -0.2) is 34.2 Å². The summed E-state index contributed by atoms with van der Waals surface area (Å²) in [5.41, 5.74) is -0.0282. The third kappa shape index (κ3) is 2.38. The van der Waals surface area contributed by atoms with E-state index < -0.39 is 4.92 Å². The second kappa shape index (κ2) is 4.98. The quantitative estimate of drug-likeness (QED) is 0.611. The van der Waals surface area contributed by atoms with Crippen LogP contribution in [0.5, 0.6) is 0 Å². The van der Waals surface area contributed by atoms with E-state index in [9.17, 15) is 10.1 Å². The van der Waals surface area contributed by atoms with Crippen molar-refractivity contribution in [2.75, 3.05) is 18.1 Å². The number of hydrogen-bond donors (Lipinski definition) is 1. The van der Waals surface area contributed by atoms with E-state index in [4.69, 9.17) is 10.4 Å². The van der Waals surface area contributed by atoms with E-state index in [-0.39, 0.29) is 29.7 Å². The number of rotatable bonds is 5. The highest BCUT2D eigenvalue weighted by atomic mass is 16.6. The highest BCUT2D eigenvalue weighted by Crippen LogP contribution is 2.35. The molecule has 0 bridgehead atoms. The van der Waals surface area contributed by atoms with E-state index in [1.54, 1.807) is 4.90 Å². The van der Waals surface area contributed by atoms with Gasteiger partial charge in [-0.1, -0.05) is 0 Å². The molecule has 0 atom stereocenters. The van der Waals surface area contributed by atoms with Crippen LogP contribution in [0.15, 0.2) is 12.3 Å². The fourth-order valence-corrected chi connectivity index (χ4v) is 1.82. The number of pyridine rings is 1. The molecule has 7 heteroatoms. The van der Waals surface area contributed by atoms with Crippen LogP contribution in [0.25, 0.3) is 0 Å². The van der Waals surface area contributed by atoms with Crippen LogP contribution in [0.2, 0.25) is 0 Å². The van der Waals surface area contributed by atoms with Gasteiger partial charge >= 0.3 is 5.69 Å². The summed E-state index contributed by atoms with van der Waals surface area (Å²) in [7, 11) is 0. The first-order valence-electron chi connectivity index (χ1n) is 5.59. The molecule has 0 amide bonds. The lowest BCUT2D eigenvalue weighted by molar-refractivity contribution is -0.384. The number of nitriles is 1. The van der Waals surface area contributed by atoms with Gasteiger partial charge in [-0.15, -0.1) is 0 Å². The summed E-state index contributed by atoms with van der Waals surface area (Å²) in [5.74, 6) is 0.232. The van der Waals surface area contributed by atoms with Gasteiger partial charge in [-0.2, -0.15) is 5.26 Å². The zero-order valence-corrected chi connectivity index (χ0v) is 9.61. The van der Waals surface area contributed by atoms with Gasteiger partial charge < -0.3 is 10.0 Å². The van der Waals surface area contributed by atoms with Crippen molar-refractivity contribution in [1.82, 2.24) is 4.98 Å². The van der Waals surface area contributed by atoms with Crippen LogP contribution < -0.4 is 4.90 Å². The molecule has 0 spiro atoms. The second-order valence-corrected chi connectivity index (χ2v) is 4.08. The molecule has 2 rings (SSSR count). The zero-order chi connectivity index (χ0) is 13.1. The molecule has 7 nitrogen and oxygen atoms in total. The number of hydrogen-bond acceptors (Lipinski definition) is 6. The summed E-state index contributed by atoms with van der Waals surface area (Å²) >= 11 is 0. The van der Waals surface area contributed by atoms with Gasteiger partial charge in [-0.25, -0.2) is 4.98 Å². The third-order valence-corrected chi connectivity index (χ3v) is 2.77. The Morgan fingerprint density at radius 3 is 2.89 bits per heavy atom. The van der Waals surface area contributed by atoms with Crippen molar-refractivity contribution < 1.29 is 10.0 Å². The number of aliphatic hydroxyl groups is 1. The molecule has 1 aromatic heterocycles. The number of aromatic nitrogens is 1. The molecule has 18 heavy (non-hydrogen) atoms. The van der Waals surface area contributed by atoms with Crippen molar-refractivity contribution in [2.45, 2.75) is 18.9 Å². The molecule has 1 saturated carbocycles. The largest absolute Gasteiger partial charge is 0.395 e. The Morgan fingerprint density at radius 2 is 2.39 bits per heavy atom. The molecule has 0 saturated heterocycles. The lowest BCUT2D eigenvalue weighted by Crippen LogP contribution is -2.30. The Hall–Kier alpha value is -2.20. The number of nitro groups is 1. The van der Waals surface area contributed by atoms with Crippen molar-refractivity contribution in [3.05, 3.63) is 27.9 Å². The van der Waals surface area contributed by atoms with E-state index in [0.29, 0.717) is 6.54 Å². The Kier molecular flexibility index (Phi) is 3.39. The number of nitrogens with zero attached hydrogens (tertiary/aromatic N) is 4. The smallest absolute Gasteiger partial charge is 0.312 e. The Morgan fingerprint density at radius 1 is 1.67 bits per heavy atom. The van der Waals surface area contributed by atoms with Crippen molar-refractivity contribution in [2.24, 2.45) is 0 Å². The molecule has 1 aromatic rings. The maximum atomic E-state index is 11.0. The van der Waals surface area contributed by atoms with Crippen molar-refractivity contribution >= 4 is 11.5 Å². The highest BCUT2D eigenvalue weighted by Gasteiger charge is 2.33. The monoisotopic (exact) mass is 248 g/mol. The summed E-state index contributed by atoms with van der Waals surface area (Å²) in [6, 6.07) is 3.25. The van der Waals surface area contributed by atoms with Crippen LogP contribution in [0.4, 0.5) is 11.5 Å². The molecule has 94 valence electrons. The number of aliphatic hydroxyl groups excluding tert-OH is 1. The van der Waals surface area contributed by atoms with E-state index in [1.165, 1.54) is 12.3 Å². The first-order chi connectivity index (χ1) is 8.67. The van der Waals surface area contributed by atoms with Crippen LogP contribution >= 0.6 is 0 Å². The first kappa shape index (κ1) is 12.3. The van der Waals surface area contributed by atoms with Gasteiger partial charge in [0, 0.05) is 24.8 Å². The maximum Gasteiger partial charge on any atom is 0.312 e. The molecular formula is C11H12N4O3. The Balaban J connectivity index is 2.41. The standard InChI is InChI=1S/C11H12N4O3/c12-6-8-5-10(15(17)18)11(13-7-8)14(3-4-16)9-1-2-9/h5,7,9,16H,1-4H2. The van der Waals surface area contributed by atoms with E-state index in [0.717, 1.165) is 12.8 Å². The molecule has 0 unspecified atom stereocenters. The van der Waals surface area contributed by atoms with Crippen LogP contribution in [-0.2, 0) is 0 Å². The fraction of sp³-hybridized carbons (Fsp3) is 0.455. The highest BCUT2D eigenvalue weighted by molar-refractivity contribution is 5.61. The third-order valence-electron chi connectivity index (χ3n) is 2.77.